The van der Waals surface area contributed by atoms with Crippen LogP contribution in [-0.4, -0.2) is 55.5 Å². The van der Waals surface area contributed by atoms with Gasteiger partial charge in [0, 0.05) is 18.9 Å². The first kappa shape index (κ1) is 18.7. The number of rotatable bonds is 5. The Bertz CT molecular complexity index is 666. The summed E-state index contributed by atoms with van der Waals surface area (Å²) in [5.41, 5.74) is 2.65. The van der Waals surface area contributed by atoms with E-state index in [0.717, 1.165) is 51.5 Å². The number of hydrogen-bond donors (Lipinski definition) is 2. The number of amides is 2. The maximum absolute atomic E-state index is 12.8. The molecule has 6 nitrogen and oxygen atoms in total. The van der Waals surface area contributed by atoms with Gasteiger partial charge in [0.2, 0.25) is 11.8 Å². The number of ether oxygens (including phenoxy) is 1. The molecule has 2 heterocycles. The maximum Gasteiger partial charge on any atom is 0.245 e. The quantitative estimate of drug-likeness (QED) is 0.778. The van der Waals surface area contributed by atoms with E-state index in [2.05, 4.69) is 23.5 Å². The summed E-state index contributed by atoms with van der Waals surface area (Å²) in [6.45, 7) is 10.5. The van der Waals surface area contributed by atoms with Gasteiger partial charge in [-0.15, -0.1) is 0 Å². The van der Waals surface area contributed by atoms with E-state index in [4.69, 9.17) is 4.74 Å². The Morgan fingerprint density at radius 1 is 1.27 bits per heavy atom. The molecular formula is C20H30N3O3+. The molecular weight excluding hydrogens is 330 g/mol. The molecule has 0 spiro atoms. The average Bonchev–Trinajstić information content (AvgIpc) is 3.07. The van der Waals surface area contributed by atoms with Gasteiger partial charge >= 0.3 is 0 Å². The van der Waals surface area contributed by atoms with Crippen molar-refractivity contribution in [3.05, 3.63) is 29.3 Å². The SMILES string of the molecule is CC(=O)N[C@@H](C(=O)N1CC[NH+](Cc2ccc3c(c2)CCO3)CC1)C(C)C. The Morgan fingerprint density at radius 2 is 2.00 bits per heavy atom. The van der Waals surface area contributed by atoms with E-state index in [1.165, 1.54) is 23.0 Å². The number of hydrogen-bond acceptors (Lipinski definition) is 3. The van der Waals surface area contributed by atoms with Gasteiger partial charge in [0.15, 0.2) is 0 Å². The van der Waals surface area contributed by atoms with Crippen LogP contribution in [0.15, 0.2) is 18.2 Å². The summed E-state index contributed by atoms with van der Waals surface area (Å²) in [7, 11) is 0. The first-order valence-electron chi connectivity index (χ1n) is 9.58. The summed E-state index contributed by atoms with van der Waals surface area (Å²) in [6, 6.07) is 6.07. The summed E-state index contributed by atoms with van der Waals surface area (Å²) in [5, 5.41) is 2.80. The van der Waals surface area contributed by atoms with Gasteiger partial charge in [-0.25, -0.2) is 0 Å². The minimum Gasteiger partial charge on any atom is -0.493 e. The number of fused-ring (bicyclic) bond motifs is 1. The van der Waals surface area contributed by atoms with Crippen LogP contribution in [0.5, 0.6) is 5.75 Å². The maximum atomic E-state index is 12.8. The number of benzene rings is 1. The lowest BCUT2D eigenvalue weighted by Gasteiger charge is -2.35. The number of nitrogens with one attached hydrogen (secondary N) is 2. The van der Waals surface area contributed by atoms with Gasteiger partial charge in [0.25, 0.3) is 0 Å². The zero-order valence-electron chi connectivity index (χ0n) is 16.0. The first-order chi connectivity index (χ1) is 12.4. The summed E-state index contributed by atoms with van der Waals surface area (Å²) in [4.78, 5) is 27.5. The summed E-state index contributed by atoms with van der Waals surface area (Å²) < 4.78 is 5.57. The lowest BCUT2D eigenvalue weighted by atomic mass is 10.0. The lowest BCUT2D eigenvalue weighted by molar-refractivity contribution is -0.917. The highest BCUT2D eigenvalue weighted by Crippen LogP contribution is 2.25. The molecule has 0 bridgehead atoms. The molecule has 1 atom stereocenters. The second-order valence-electron chi connectivity index (χ2n) is 7.71. The van der Waals surface area contributed by atoms with Crippen molar-refractivity contribution in [2.45, 2.75) is 39.8 Å². The predicted molar refractivity (Wildman–Crippen MR) is 99.1 cm³/mol. The molecule has 1 saturated heterocycles. The summed E-state index contributed by atoms with van der Waals surface area (Å²) in [6.07, 6.45) is 1.00. The second-order valence-corrected chi connectivity index (χ2v) is 7.71. The smallest absolute Gasteiger partial charge is 0.245 e. The molecule has 6 heteroatoms. The Balaban J connectivity index is 1.53. The van der Waals surface area contributed by atoms with Crippen LogP contribution in [0.25, 0.3) is 0 Å². The molecule has 2 amide bonds. The summed E-state index contributed by atoms with van der Waals surface area (Å²) >= 11 is 0. The molecule has 2 aliphatic heterocycles. The van der Waals surface area contributed by atoms with Gasteiger partial charge in [0.1, 0.15) is 18.3 Å². The minimum absolute atomic E-state index is 0.0453. The van der Waals surface area contributed by atoms with Gasteiger partial charge in [-0.3, -0.25) is 9.59 Å². The van der Waals surface area contributed by atoms with Crippen LogP contribution >= 0.6 is 0 Å². The third-order valence-electron chi connectivity index (χ3n) is 5.28. The van der Waals surface area contributed by atoms with E-state index in [0.29, 0.717) is 0 Å². The molecule has 0 saturated carbocycles. The molecule has 1 fully saturated rings. The monoisotopic (exact) mass is 360 g/mol. The van der Waals surface area contributed by atoms with Crippen molar-refractivity contribution < 1.29 is 19.2 Å². The fraction of sp³-hybridized carbons (Fsp3) is 0.600. The fourth-order valence-corrected chi connectivity index (χ4v) is 3.79. The molecule has 3 rings (SSSR count). The van der Waals surface area contributed by atoms with Gasteiger partial charge in [0.05, 0.1) is 32.8 Å². The molecule has 1 aromatic carbocycles. The fourth-order valence-electron chi connectivity index (χ4n) is 3.79. The topological polar surface area (TPSA) is 63.1 Å². The summed E-state index contributed by atoms with van der Waals surface area (Å²) in [5.74, 6) is 1.01. The highest BCUT2D eigenvalue weighted by atomic mass is 16.5. The van der Waals surface area contributed by atoms with Crippen LogP contribution in [0, 0.1) is 5.92 Å². The zero-order valence-corrected chi connectivity index (χ0v) is 16.0. The molecule has 0 radical (unpaired) electrons. The van der Waals surface area contributed by atoms with Crippen molar-refractivity contribution >= 4 is 11.8 Å². The largest absolute Gasteiger partial charge is 0.493 e. The van der Waals surface area contributed by atoms with Gasteiger partial charge in [-0.05, 0) is 29.7 Å². The zero-order chi connectivity index (χ0) is 18.7. The van der Waals surface area contributed by atoms with Crippen LogP contribution < -0.4 is 15.0 Å². The van der Waals surface area contributed by atoms with Crippen molar-refractivity contribution in [2.75, 3.05) is 32.8 Å². The molecule has 2 aliphatic rings. The number of carbonyl (C=O) groups is 2. The van der Waals surface area contributed by atoms with E-state index >= 15 is 0 Å². The third kappa shape index (κ3) is 4.36. The molecule has 0 aliphatic carbocycles. The van der Waals surface area contributed by atoms with E-state index < -0.39 is 6.04 Å². The Kier molecular flexibility index (Phi) is 5.81. The van der Waals surface area contributed by atoms with Gasteiger partial charge in [-0.2, -0.15) is 0 Å². The van der Waals surface area contributed by atoms with Crippen molar-refractivity contribution in [3.8, 4) is 5.75 Å². The standard InChI is InChI=1S/C20H29N3O3/c1-14(2)19(21-15(3)24)20(25)23-9-7-22(8-10-23)13-16-4-5-18-17(12-16)6-11-26-18/h4-5,12,14,19H,6-11,13H2,1-3H3,(H,21,24)/p+1/t19-/m1/s1. The molecule has 0 unspecified atom stereocenters. The van der Waals surface area contributed by atoms with Crippen LogP contribution in [0.4, 0.5) is 0 Å². The van der Waals surface area contributed by atoms with Crippen molar-refractivity contribution in [3.63, 3.8) is 0 Å². The Hall–Kier alpha value is -2.08. The highest BCUT2D eigenvalue weighted by molar-refractivity contribution is 5.87. The second kappa shape index (κ2) is 8.08. The number of quaternary nitrogens is 1. The van der Waals surface area contributed by atoms with Crippen molar-refractivity contribution in [2.24, 2.45) is 5.92 Å². The number of nitrogens with zero attached hydrogens (tertiary/aromatic N) is 1. The van der Waals surface area contributed by atoms with Crippen molar-refractivity contribution in [1.82, 2.24) is 10.2 Å². The normalized spacial score (nSPS) is 18.4. The van der Waals surface area contributed by atoms with E-state index in [1.54, 1.807) is 0 Å². The van der Waals surface area contributed by atoms with E-state index in [-0.39, 0.29) is 17.7 Å². The third-order valence-corrected chi connectivity index (χ3v) is 5.28. The number of carbonyl (C=O) groups excluding carboxylic acids is 2. The Labute approximate surface area is 155 Å². The highest BCUT2D eigenvalue weighted by Gasteiger charge is 2.31. The van der Waals surface area contributed by atoms with Crippen LogP contribution in [0.2, 0.25) is 0 Å². The lowest BCUT2D eigenvalue weighted by Crippen LogP contribution is -3.13. The van der Waals surface area contributed by atoms with E-state index in [9.17, 15) is 9.59 Å². The van der Waals surface area contributed by atoms with Crippen LogP contribution in [-0.2, 0) is 22.6 Å². The molecule has 0 aromatic heterocycles. The van der Waals surface area contributed by atoms with Gasteiger partial charge < -0.3 is 19.9 Å². The van der Waals surface area contributed by atoms with Gasteiger partial charge in [-0.1, -0.05) is 13.8 Å². The van der Waals surface area contributed by atoms with Crippen molar-refractivity contribution in [1.29, 1.82) is 0 Å². The van der Waals surface area contributed by atoms with Crippen LogP contribution in [0.1, 0.15) is 31.9 Å². The van der Waals surface area contributed by atoms with E-state index in [1.807, 2.05) is 18.7 Å². The molecule has 2 N–H and O–H groups in total. The minimum atomic E-state index is -0.425. The molecule has 142 valence electrons. The van der Waals surface area contributed by atoms with Crippen LogP contribution in [0.3, 0.4) is 0 Å². The first-order valence-corrected chi connectivity index (χ1v) is 9.58. The molecule has 1 aromatic rings. The average molecular weight is 360 g/mol. The Morgan fingerprint density at radius 3 is 2.65 bits per heavy atom. The number of piperazine rings is 1. The predicted octanol–water partition coefficient (Wildman–Crippen LogP) is 0.00930. The molecule has 26 heavy (non-hydrogen) atoms.